The van der Waals surface area contributed by atoms with Crippen LogP contribution in [0.2, 0.25) is 0 Å². The van der Waals surface area contributed by atoms with Gasteiger partial charge in [0.25, 0.3) is 0 Å². The van der Waals surface area contributed by atoms with Gasteiger partial charge in [-0.1, -0.05) is 36.4 Å². The number of nitrogens with one attached hydrogen (secondary N) is 1. The number of esters is 1. The first kappa shape index (κ1) is 16.9. The SMILES string of the molecule is O=C(OC1CNCCC1c1ccccc1)c1ccc(-c2ccccn2)s1. The highest BCUT2D eigenvalue weighted by atomic mass is 32.1. The third-order valence-electron chi connectivity index (χ3n) is 4.64. The molecule has 3 heterocycles. The maximum absolute atomic E-state index is 12.7. The zero-order valence-corrected chi connectivity index (χ0v) is 15.1. The molecule has 1 fully saturated rings. The van der Waals surface area contributed by atoms with Gasteiger partial charge in [-0.3, -0.25) is 4.98 Å². The van der Waals surface area contributed by atoms with Crippen LogP contribution in [0.25, 0.3) is 10.6 Å². The fraction of sp³-hybridized carbons (Fsp3) is 0.238. The van der Waals surface area contributed by atoms with E-state index in [4.69, 9.17) is 4.74 Å². The first-order valence-corrected chi connectivity index (χ1v) is 9.61. The van der Waals surface area contributed by atoms with Crippen LogP contribution in [0.5, 0.6) is 0 Å². The van der Waals surface area contributed by atoms with E-state index in [-0.39, 0.29) is 18.0 Å². The van der Waals surface area contributed by atoms with Gasteiger partial charge < -0.3 is 10.1 Å². The number of nitrogens with zero attached hydrogens (tertiary/aromatic N) is 1. The van der Waals surface area contributed by atoms with Gasteiger partial charge >= 0.3 is 5.97 Å². The predicted octanol–water partition coefficient (Wildman–Crippen LogP) is 4.11. The van der Waals surface area contributed by atoms with Gasteiger partial charge in [-0.15, -0.1) is 11.3 Å². The average molecular weight is 364 g/mol. The van der Waals surface area contributed by atoms with Crippen molar-refractivity contribution < 1.29 is 9.53 Å². The molecule has 2 unspecified atom stereocenters. The molecule has 1 aliphatic rings. The Balaban J connectivity index is 1.49. The number of hydrogen-bond acceptors (Lipinski definition) is 5. The molecular formula is C21H20N2O2S. The summed E-state index contributed by atoms with van der Waals surface area (Å²) < 4.78 is 5.88. The van der Waals surface area contributed by atoms with E-state index in [2.05, 4.69) is 22.4 Å². The van der Waals surface area contributed by atoms with E-state index < -0.39 is 0 Å². The topological polar surface area (TPSA) is 51.2 Å². The molecule has 132 valence electrons. The van der Waals surface area contributed by atoms with Crippen LogP contribution in [0.4, 0.5) is 0 Å². The van der Waals surface area contributed by atoms with E-state index in [1.54, 1.807) is 6.20 Å². The second kappa shape index (κ2) is 7.81. The normalized spacial score (nSPS) is 19.8. The molecule has 0 saturated carbocycles. The van der Waals surface area contributed by atoms with E-state index in [1.165, 1.54) is 16.9 Å². The van der Waals surface area contributed by atoms with Crippen LogP contribution in [0.3, 0.4) is 0 Å². The molecule has 0 spiro atoms. The zero-order chi connectivity index (χ0) is 17.8. The third-order valence-corrected chi connectivity index (χ3v) is 5.72. The van der Waals surface area contributed by atoms with Crippen molar-refractivity contribution in [3.05, 3.63) is 77.3 Å². The Kier molecular flexibility index (Phi) is 5.09. The standard InChI is InChI=1S/C21H20N2O2S/c24-21(20-10-9-19(26-20)17-8-4-5-12-23-17)25-18-14-22-13-11-16(18)15-6-2-1-3-7-15/h1-10,12,16,18,22H,11,13-14H2. The minimum Gasteiger partial charge on any atom is -0.456 e. The van der Waals surface area contributed by atoms with Crippen molar-refractivity contribution in [2.45, 2.75) is 18.4 Å². The zero-order valence-electron chi connectivity index (χ0n) is 14.3. The molecule has 3 aromatic rings. The monoisotopic (exact) mass is 364 g/mol. The first-order chi connectivity index (χ1) is 12.8. The van der Waals surface area contributed by atoms with Crippen LogP contribution in [-0.4, -0.2) is 30.1 Å². The minimum absolute atomic E-state index is 0.154. The molecule has 1 aliphatic heterocycles. The molecule has 0 amide bonds. The summed E-state index contributed by atoms with van der Waals surface area (Å²) in [6.45, 7) is 1.63. The lowest BCUT2D eigenvalue weighted by atomic mass is 9.88. The summed E-state index contributed by atoms with van der Waals surface area (Å²) in [5.41, 5.74) is 2.10. The molecule has 26 heavy (non-hydrogen) atoms. The van der Waals surface area contributed by atoms with Crippen molar-refractivity contribution in [3.63, 3.8) is 0 Å². The van der Waals surface area contributed by atoms with Gasteiger partial charge in [0.15, 0.2) is 0 Å². The van der Waals surface area contributed by atoms with Gasteiger partial charge in [0.05, 0.1) is 10.6 Å². The van der Waals surface area contributed by atoms with Gasteiger partial charge in [-0.2, -0.15) is 0 Å². The molecule has 2 atom stereocenters. The van der Waals surface area contributed by atoms with E-state index in [0.29, 0.717) is 11.4 Å². The van der Waals surface area contributed by atoms with E-state index >= 15 is 0 Å². The molecule has 4 rings (SSSR count). The van der Waals surface area contributed by atoms with Crippen molar-refractivity contribution >= 4 is 17.3 Å². The van der Waals surface area contributed by atoms with Gasteiger partial charge in [-0.05, 0) is 42.8 Å². The van der Waals surface area contributed by atoms with Gasteiger partial charge in [0.2, 0.25) is 0 Å². The van der Waals surface area contributed by atoms with Crippen LogP contribution in [-0.2, 0) is 4.74 Å². The van der Waals surface area contributed by atoms with Crippen molar-refractivity contribution in [2.24, 2.45) is 0 Å². The number of thiophene rings is 1. The number of carbonyl (C=O) groups is 1. The minimum atomic E-state index is -0.258. The smallest absolute Gasteiger partial charge is 0.348 e. The van der Waals surface area contributed by atoms with E-state index in [9.17, 15) is 4.79 Å². The van der Waals surface area contributed by atoms with Gasteiger partial charge in [0.1, 0.15) is 11.0 Å². The highest BCUT2D eigenvalue weighted by Crippen LogP contribution is 2.30. The molecule has 0 radical (unpaired) electrons. The van der Waals surface area contributed by atoms with Crippen molar-refractivity contribution in [3.8, 4) is 10.6 Å². The molecule has 5 heteroatoms. The lowest BCUT2D eigenvalue weighted by molar-refractivity contribution is 0.0188. The number of aromatic nitrogens is 1. The van der Waals surface area contributed by atoms with Crippen LogP contribution >= 0.6 is 11.3 Å². The number of rotatable bonds is 4. The lowest BCUT2D eigenvalue weighted by Crippen LogP contribution is -2.42. The molecule has 1 aromatic carbocycles. The number of piperidine rings is 1. The highest BCUT2D eigenvalue weighted by molar-refractivity contribution is 7.17. The summed E-state index contributed by atoms with van der Waals surface area (Å²) >= 11 is 1.42. The average Bonchev–Trinajstić information content (AvgIpc) is 3.20. The Hall–Kier alpha value is -2.50. The van der Waals surface area contributed by atoms with Gasteiger partial charge in [0, 0.05) is 18.7 Å². The fourth-order valence-corrected chi connectivity index (χ4v) is 4.19. The molecule has 4 nitrogen and oxygen atoms in total. The van der Waals surface area contributed by atoms with Crippen molar-refractivity contribution in [1.29, 1.82) is 0 Å². The lowest BCUT2D eigenvalue weighted by Gasteiger charge is -2.32. The third kappa shape index (κ3) is 3.69. The highest BCUT2D eigenvalue weighted by Gasteiger charge is 2.30. The number of benzene rings is 1. The summed E-state index contributed by atoms with van der Waals surface area (Å²) in [6.07, 6.45) is 2.57. The number of ether oxygens (including phenoxy) is 1. The number of hydrogen-bond donors (Lipinski definition) is 1. The van der Waals surface area contributed by atoms with Crippen molar-refractivity contribution in [2.75, 3.05) is 13.1 Å². The predicted molar refractivity (Wildman–Crippen MR) is 103 cm³/mol. The Morgan fingerprint density at radius 2 is 1.92 bits per heavy atom. The maximum atomic E-state index is 12.7. The molecule has 0 bridgehead atoms. The van der Waals surface area contributed by atoms with Crippen LogP contribution < -0.4 is 5.32 Å². The Bertz CT molecular complexity index is 864. The maximum Gasteiger partial charge on any atom is 0.348 e. The summed E-state index contributed by atoms with van der Waals surface area (Å²) in [5, 5.41) is 3.34. The van der Waals surface area contributed by atoms with Gasteiger partial charge in [-0.25, -0.2) is 4.79 Å². The van der Waals surface area contributed by atoms with Crippen LogP contribution in [0.15, 0.2) is 66.9 Å². The second-order valence-corrected chi connectivity index (χ2v) is 7.42. The largest absolute Gasteiger partial charge is 0.456 e. The summed E-state index contributed by atoms with van der Waals surface area (Å²) in [6, 6.07) is 19.8. The number of carbonyl (C=O) groups excluding carboxylic acids is 1. The first-order valence-electron chi connectivity index (χ1n) is 8.79. The fourth-order valence-electron chi connectivity index (χ4n) is 3.32. The number of pyridine rings is 1. The quantitative estimate of drug-likeness (QED) is 0.708. The summed E-state index contributed by atoms with van der Waals surface area (Å²) in [7, 11) is 0. The molecule has 1 N–H and O–H groups in total. The summed E-state index contributed by atoms with van der Waals surface area (Å²) in [5.74, 6) is -0.0246. The molecule has 1 saturated heterocycles. The van der Waals surface area contributed by atoms with Crippen LogP contribution in [0, 0.1) is 0 Å². The van der Waals surface area contributed by atoms with Crippen molar-refractivity contribution in [1.82, 2.24) is 10.3 Å². The van der Waals surface area contributed by atoms with Crippen LogP contribution in [0.1, 0.15) is 27.6 Å². The Morgan fingerprint density at radius 3 is 2.73 bits per heavy atom. The summed E-state index contributed by atoms with van der Waals surface area (Å²) in [4.78, 5) is 18.6. The molecule has 0 aliphatic carbocycles. The molecule has 2 aromatic heterocycles. The van der Waals surface area contributed by atoms with E-state index in [1.807, 2.05) is 48.5 Å². The molecular weight excluding hydrogens is 344 g/mol. The van der Waals surface area contributed by atoms with E-state index in [0.717, 1.165) is 23.5 Å². The Labute approximate surface area is 156 Å². The Morgan fingerprint density at radius 1 is 1.08 bits per heavy atom. The second-order valence-electron chi connectivity index (χ2n) is 6.33.